The Labute approximate surface area is 141 Å². The number of benzene rings is 1. The highest BCUT2D eigenvalue weighted by Gasteiger charge is 2.21. The second-order valence-electron chi connectivity index (χ2n) is 5.13. The average molecular weight is 358 g/mol. The highest BCUT2D eigenvalue weighted by molar-refractivity contribution is 7.89. The van der Waals surface area contributed by atoms with Crippen molar-refractivity contribution in [3.63, 3.8) is 0 Å². The predicted molar refractivity (Wildman–Crippen MR) is 88.0 cm³/mol. The number of hydrogen-bond acceptors (Lipinski definition) is 5. The van der Waals surface area contributed by atoms with Gasteiger partial charge >= 0.3 is 5.97 Å². The van der Waals surface area contributed by atoms with Gasteiger partial charge in [0.15, 0.2) is 0 Å². The molecule has 0 saturated carbocycles. The largest absolute Gasteiger partial charge is 0.480 e. The molecule has 0 spiro atoms. The lowest BCUT2D eigenvalue weighted by atomic mass is 10.1. The summed E-state index contributed by atoms with van der Waals surface area (Å²) in [7, 11) is -2.14. The van der Waals surface area contributed by atoms with Crippen LogP contribution in [-0.2, 0) is 30.8 Å². The summed E-state index contributed by atoms with van der Waals surface area (Å²) in [6.07, 6.45) is 0.418. The van der Waals surface area contributed by atoms with Crippen LogP contribution in [0.25, 0.3) is 0 Å². The quantitative estimate of drug-likeness (QED) is 0.469. The SMILES string of the molecule is COCCCS(=O)(=O)NCC(=O)NC(Cc1ccccc1)C(=O)O. The van der Waals surface area contributed by atoms with Gasteiger partial charge in [-0.05, 0) is 12.0 Å². The third-order valence-electron chi connectivity index (χ3n) is 3.13. The Balaban J connectivity index is 2.50. The Morgan fingerprint density at radius 2 is 1.92 bits per heavy atom. The van der Waals surface area contributed by atoms with Crippen LogP contribution in [0.4, 0.5) is 0 Å². The van der Waals surface area contributed by atoms with E-state index >= 15 is 0 Å². The summed E-state index contributed by atoms with van der Waals surface area (Å²) in [4.78, 5) is 23.0. The maximum Gasteiger partial charge on any atom is 0.326 e. The van der Waals surface area contributed by atoms with Gasteiger partial charge in [0.1, 0.15) is 6.04 Å². The molecule has 3 N–H and O–H groups in total. The minimum absolute atomic E-state index is 0.114. The normalized spacial score (nSPS) is 12.5. The number of rotatable bonds is 11. The van der Waals surface area contributed by atoms with Crippen LogP contribution in [0.3, 0.4) is 0 Å². The number of carbonyl (C=O) groups is 2. The van der Waals surface area contributed by atoms with Crippen LogP contribution in [0, 0.1) is 0 Å². The molecule has 0 aliphatic heterocycles. The van der Waals surface area contributed by atoms with E-state index in [-0.39, 0.29) is 12.2 Å². The fourth-order valence-corrected chi connectivity index (χ4v) is 2.93. The molecule has 0 bridgehead atoms. The third kappa shape index (κ3) is 8.04. The fraction of sp³-hybridized carbons (Fsp3) is 0.467. The van der Waals surface area contributed by atoms with E-state index < -0.39 is 34.5 Å². The number of carboxylic acids is 1. The van der Waals surface area contributed by atoms with Crippen molar-refractivity contribution in [2.24, 2.45) is 0 Å². The summed E-state index contributed by atoms with van der Waals surface area (Å²) in [6, 6.07) is 7.71. The average Bonchev–Trinajstić information content (AvgIpc) is 2.53. The Hall–Kier alpha value is -1.97. The first-order valence-electron chi connectivity index (χ1n) is 7.36. The summed E-state index contributed by atoms with van der Waals surface area (Å²) >= 11 is 0. The molecular formula is C15H22N2O6S. The number of sulfonamides is 1. The van der Waals surface area contributed by atoms with Crippen molar-refractivity contribution in [3.05, 3.63) is 35.9 Å². The lowest BCUT2D eigenvalue weighted by Crippen LogP contribution is -2.46. The number of ether oxygens (including phenoxy) is 1. The molecule has 0 aliphatic carbocycles. The van der Waals surface area contributed by atoms with Gasteiger partial charge in [0, 0.05) is 20.1 Å². The van der Waals surface area contributed by atoms with E-state index in [1.807, 2.05) is 0 Å². The van der Waals surface area contributed by atoms with Gasteiger partial charge in [0.25, 0.3) is 0 Å². The smallest absolute Gasteiger partial charge is 0.326 e. The van der Waals surface area contributed by atoms with Crippen LogP contribution in [0.1, 0.15) is 12.0 Å². The van der Waals surface area contributed by atoms with Gasteiger partial charge in [-0.1, -0.05) is 30.3 Å². The van der Waals surface area contributed by atoms with Crippen LogP contribution in [-0.4, -0.2) is 57.5 Å². The topological polar surface area (TPSA) is 122 Å². The second kappa shape index (κ2) is 10.0. The van der Waals surface area contributed by atoms with Gasteiger partial charge in [0.2, 0.25) is 15.9 Å². The first-order chi connectivity index (χ1) is 11.3. The van der Waals surface area contributed by atoms with E-state index in [1.165, 1.54) is 7.11 Å². The minimum Gasteiger partial charge on any atom is -0.480 e. The molecule has 0 fully saturated rings. The van der Waals surface area contributed by atoms with Crippen LogP contribution >= 0.6 is 0 Å². The van der Waals surface area contributed by atoms with Crippen molar-refractivity contribution < 1.29 is 27.9 Å². The molecule has 1 aromatic carbocycles. The number of nitrogens with one attached hydrogen (secondary N) is 2. The maximum atomic E-state index is 11.8. The first-order valence-corrected chi connectivity index (χ1v) is 9.01. The Morgan fingerprint density at radius 3 is 2.50 bits per heavy atom. The zero-order chi connectivity index (χ0) is 18.0. The fourth-order valence-electron chi connectivity index (χ4n) is 1.94. The summed E-state index contributed by atoms with van der Waals surface area (Å²) in [5, 5.41) is 11.5. The van der Waals surface area contributed by atoms with Crippen LogP contribution in [0.2, 0.25) is 0 Å². The lowest BCUT2D eigenvalue weighted by molar-refractivity contribution is -0.141. The van der Waals surface area contributed by atoms with Crippen LogP contribution in [0.15, 0.2) is 30.3 Å². The van der Waals surface area contributed by atoms with Crippen LogP contribution < -0.4 is 10.0 Å². The van der Waals surface area contributed by atoms with Gasteiger partial charge in [-0.2, -0.15) is 0 Å². The molecule has 9 heteroatoms. The highest BCUT2D eigenvalue weighted by Crippen LogP contribution is 2.03. The van der Waals surface area contributed by atoms with Crippen molar-refractivity contribution in [2.75, 3.05) is 26.0 Å². The second-order valence-corrected chi connectivity index (χ2v) is 7.06. The predicted octanol–water partition coefficient (Wildman–Crippen LogP) is -0.246. The summed E-state index contributed by atoms with van der Waals surface area (Å²) in [5.74, 6) is -2.05. The number of hydrogen-bond donors (Lipinski definition) is 3. The Kier molecular flexibility index (Phi) is 8.37. The minimum atomic E-state index is -3.60. The lowest BCUT2D eigenvalue weighted by Gasteiger charge is -2.15. The molecule has 0 heterocycles. The molecule has 134 valence electrons. The molecule has 1 aromatic rings. The van der Waals surface area contributed by atoms with Crippen LogP contribution in [0.5, 0.6) is 0 Å². The molecule has 8 nitrogen and oxygen atoms in total. The van der Waals surface area contributed by atoms with Crippen molar-refractivity contribution in [2.45, 2.75) is 18.9 Å². The van der Waals surface area contributed by atoms with Gasteiger partial charge in [-0.25, -0.2) is 17.9 Å². The van der Waals surface area contributed by atoms with Crippen molar-refractivity contribution in [3.8, 4) is 0 Å². The molecule has 1 atom stereocenters. The number of carbonyl (C=O) groups excluding carboxylic acids is 1. The number of methoxy groups -OCH3 is 1. The van der Waals surface area contributed by atoms with E-state index in [2.05, 4.69) is 10.0 Å². The summed E-state index contributed by atoms with van der Waals surface area (Å²) < 4.78 is 30.2. The molecule has 1 amide bonds. The maximum absolute atomic E-state index is 11.8. The van der Waals surface area contributed by atoms with Gasteiger partial charge in [-0.3, -0.25) is 4.79 Å². The zero-order valence-corrected chi connectivity index (χ0v) is 14.2. The standard InChI is InChI=1S/C15H22N2O6S/c1-23-8-5-9-24(21,22)16-11-14(18)17-13(15(19)20)10-12-6-3-2-4-7-12/h2-4,6-7,13,16H,5,8-11H2,1H3,(H,17,18)(H,19,20). The summed E-state index contributed by atoms with van der Waals surface area (Å²) in [5.41, 5.74) is 0.755. The van der Waals surface area contributed by atoms with Gasteiger partial charge in [-0.15, -0.1) is 0 Å². The Morgan fingerprint density at radius 1 is 1.25 bits per heavy atom. The van der Waals surface area contributed by atoms with E-state index in [0.717, 1.165) is 5.56 Å². The summed E-state index contributed by atoms with van der Waals surface area (Å²) in [6.45, 7) is -0.209. The number of amides is 1. The molecule has 0 aliphatic rings. The van der Waals surface area contributed by atoms with Gasteiger partial charge < -0.3 is 15.2 Å². The van der Waals surface area contributed by atoms with Crippen molar-refractivity contribution >= 4 is 21.9 Å². The molecule has 0 radical (unpaired) electrons. The van der Waals surface area contributed by atoms with E-state index in [9.17, 15) is 23.1 Å². The van der Waals surface area contributed by atoms with E-state index in [1.54, 1.807) is 30.3 Å². The zero-order valence-electron chi connectivity index (χ0n) is 13.4. The number of carboxylic acid groups (broad SMARTS) is 1. The van der Waals surface area contributed by atoms with E-state index in [4.69, 9.17) is 4.74 Å². The van der Waals surface area contributed by atoms with Gasteiger partial charge in [0.05, 0.1) is 12.3 Å². The highest BCUT2D eigenvalue weighted by atomic mass is 32.2. The molecular weight excluding hydrogens is 336 g/mol. The van der Waals surface area contributed by atoms with Crippen molar-refractivity contribution in [1.82, 2.24) is 10.0 Å². The van der Waals surface area contributed by atoms with E-state index in [0.29, 0.717) is 13.0 Å². The number of aliphatic carboxylic acids is 1. The third-order valence-corrected chi connectivity index (χ3v) is 4.54. The molecule has 1 unspecified atom stereocenters. The first kappa shape index (κ1) is 20.1. The monoisotopic (exact) mass is 358 g/mol. The molecule has 24 heavy (non-hydrogen) atoms. The molecule has 0 aromatic heterocycles. The molecule has 1 rings (SSSR count). The Bertz CT molecular complexity index is 633. The molecule has 0 saturated heterocycles. The van der Waals surface area contributed by atoms with Crippen molar-refractivity contribution in [1.29, 1.82) is 0 Å².